The second-order valence-electron chi connectivity index (χ2n) is 7.46. The Kier molecular flexibility index (Phi) is 4.41. The minimum absolute atomic E-state index is 0.0796. The first kappa shape index (κ1) is 18.9. The molecule has 0 bridgehead atoms. The Hall–Kier alpha value is -2.48. The van der Waals surface area contributed by atoms with E-state index in [1.807, 2.05) is 0 Å². The largest absolute Gasteiger partial charge is 0.419 e. The van der Waals surface area contributed by atoms with E-state index in [-0.39, 0.29) is 11.9 Å². The Morgan fingerprint density at radius 3 is 2.57 bits per heavy atom. The van der Waals surface area contributed by atoms with Gasteiger partial charge >= 0.3 is 6.18 Å². The molecule has 4 nitrogen and oxygen atoms in total. The molecule has 1 N–H and O–H groups in total. The molecular weight excluding hydrogens is 374 g/mol. The van der Waals surface area contributed by atoms with Crippen LogP contribution in [0.3, 0.4) is 0 Å². The Morgan fingerprint density at radius 2 is 1.93 bits per heavy atom. The maximum Gasteiger partial charge on any atom is 0.419 e. The van der Waals surface area contributed by atoms with E-state index in [2.05, 4.69) is 10.3 Å². The lowest BCUT2D eigenvalue weighted by atomic mass is 9.96. The summed E-state index contributed by atoms with van der Waals surface area (Å²) in [7, 11) is 1.78. The molecule has 28 heavy (non-hydrogen) atoms. The fourth-order valence-corrected chi connectivity index (χ4v) is 4.13. The number of alkyl halides is 3. The molecule has 148 valence electrons. The van der Waals surface area contributed by atoms with Crippen LogP contribution in [-0.4, -0.2) is 34.9 Å². The molecule has 3 heterocycles. The molecule has 1 aromatic heterocycles. The van der Waals surface area contributed by atoms with E-state index in [4.69, 9.17) is 0 Å². The number of likely N-dealkylation sites (N-methyl/N-ethyl adjacent to an activating group) is 1. The van der Waals surface area contributed by atoms with Crippen LogP contribution in [0.25, 0.3) is 11.1 Å². The van der Waals surface area contributed by atoms with Gasteiger partial charge in [0, 0.05) is 19.8 Å². The molecule has 0 aliphatic carbocycles. The maximum absolute atomic E-state index is 13.9. The van der Waals surface area contributed by atoms with Crippen LogP contribution >= 0.6 is 0 Å². The smallest absolute Gasteiger partial charge is 0.344 e. The Labute approximate surface area is 159 Å². The molecule has 2 aliphatic rings. The first-order valence-corrected chi connectivity index (χ1v) is 9.06. The predicted octanol–water partition coefficient (Wildman–Crippen LogP) is 3.93. The van der Waals surface area contributed by atoms with Crippen LogP contribution in [0.15, 0.2) is 36.5 Å². The van der Waals surface area contributed by atoms with E-state index in [0.29, 0.717) is 29.8 Å². The lowest BCUT2D eigenvalue weighted by Gasteiger charge is -2.23. The van der Waals surface area contributed by atoms with Crippen molar-refractivity contribution in [2.75, 3.05) is 13.6 Å². The quantitative estimate of drug-likeness (QED) is 0.787. The van der Waals surface area contributed by atoms with Gasteiger partial charge in [0.2, 0.25) is 5.91 Å². The zero-order chi connectivity index (χ0) is 20.1. The molecule has 2 aromatic rings. The number of nitrogens with one attached hydrogen (secondary N) is 1. The van der Waals surface area contributed by atoms with Gasteiger partial charge in [0.1, 0.15) is 11.4 Å². The van der Waals surface area contributed by atoms with Gasteiger partial charge in [0.15, 0.2) is 0 Å². The van der Waals surface area contributed by atoms with Gasteiger partial charge in [0.05, 0.1) is 17.3 Å². The number of pyridine rings is 1. The first-order valence-electron chi connectivity index (χ1n) is 9.06. The van der Waals surface area contributed by atoms with Gasteiger partial charge < -0.3 is 4.90 Å². The topological polar surface area (TPSA) is 45.2 Å². The molecule has 1 spiro atoms. The third kappa shape index (κ3) is 3.15. The van der Waals surface area contributed by atoms with Crippen molar-refractivity contribution in [2.45, 2.75) is 37.0 Å². The molecule has 4 rings (SSSR count). The summed E-state index contributed by atoms with van der Waals surface area (Å²) in [6, 6.07) is 6.13. The van der Waals surface area contributed by atoms with Crippen molar-refractivity contribution in [3.8, 4) is 11.1 Å². The van der Waals surface area contributed by atoms with Gasteiger partial charge in [0.25, 0.3) is 0 Å². The maximum atomic E-state index is 13.9. The fraction of sp³-hybridized carbons (Fsp3) is 0.400. The van der Waals surface area contributed by atoms with Crippen molar-refractivity contribution in [3.05, 3.63) is 53.6 Å². The van der Waals surface area contributed by atoms with E-state index in [1.165, 1.54) is 6.07 Å². The van der Waals surface area contributed by atoms with Crippen LogP contribution in [0.4, 0.5) is 17.6 Å². The van der Waals surface area contributed by atoms with Crippen LogP contribution in [0, 0.1) is 5.82 Å². The fourth-order valence-electron chi connectivity index (χ4n) is 4.13. The van der Waals surface area contributed by atoms with Crippen molar-refractivity contribution in [3.63, 3.8) is 0 Å². The molecule has 0 radical (unpaired) electrons. The van der Waals surface area contributed by atoms with Gasteiger partial charge in [-0.25, -0.2) is 4.39 Å². The molecule has 8 heteroatoms. The zero-order valence-electron chi connectivity index (χ0n) is 15.2. The number of carbonyl (C=O) groups excluding carboxylic acids is 1. The lowest BCUT2D eigenvalue weighted by Crippen LogP contribution is -2.47. The second-order valence-corrected chi connectivity index (χ2v) is 7.46. The summed E-state index contributed by atoms with van der Waals surface area (Å²) in [5, 5.41) is 3.41. The van der Waals surface area contributed by atoms with Gasteiger partial charge in [-0.1, -0.05) is 6.07 Å². The van der Waals surface area contributed by atoms with Crippen molar-refractivity contribution < 1.29 is 22.4 Å². The highest BCUT2D eigenvalue weighted by Crippen LogP contribution is 2.39. The molecular formula is C20H19F4N3O. The molecule has 2 atom stereocenters. The number of nitrogens with zero attached hydrogens (tertiary/aromatic N) is 2. The molecule has 2 fully saturated rings. The highest BCUT2D eigenvalue weighted by atomic mass is 19.4. The molecule has 1 amide bonds. The monoisotopic (exact) mass is 393 g/mol. The van der Waals surface area contributed by atoms with Crippen LogP contribution in [0.5, 0.6) is 0 Å². The summed E-state index contributed by atoms with van der Waals surface area (Å²) >= 11 is 0. The summed E-state index contributed by atoms with van der Waals surface area (Å²) in [6.07, 6.45) is -0.994. The number of amides is 1. The Morgan fingerprint density at radius 1 is 1.18 bits per heavy atom. The van der Waals surface area contributed by atoms with E-state index >= 15 is 0 Å². The molecule has 1 aromatic carbocycles. The summed E-state index contributed by atoms with van der Waals surface area (Å²) < 4.78 is 52.2. The van der Waals surface area contributed by atoms with Crippen LogP contribution in [0.1, 0.15) is 36.6 Å². The summed E-state index contributed by atoms with van der Waals surface area (Å²) in [6.45, 7) is 0.705. The molecule has 2 saturated heterocycles. The molecule has 0 unspecified atom stereocenters. The van der Waals surface area contributed by atoms with E-state index in [9.17, 15) is 22.4 Å². The van der Waals surface area contributed by atoms with Crippen LogP contribution in [-0.2, 0) is 11.0 Å². The molecule has 0 saturated carbocycles. The number of hydrogen-bond acceptors (Lipinski definition) is 3. The third-order valence-corrected chi connectivity index (χ3v) is 5.69. The van der Waals surface area contributed by atoms with E-state index in [1.54, 1.807) is 30.3 Å². The number of rotatable bonds is 2. The van der Waals surface area contributed by atoms with Crippen molar-refractivity contribution in [1.82, 2.24) is 15.2 Å². The van der Waals surface area contributed by atoms with Gasteiger partial charge in [-0.3, -0.25) is 15.1 Å². The summed E-state index contributed by atoms with van der Waals surface area (Å²) in [4.78, 5) is 18.5. The number of likely N-dealkylation sites (tertiary alicyclic amines) is 1. The van der Waals surface area contributed by atoms with Crippen LogP contribution < -0.4 is 5.32 Å². The average molecular weight is 393 g/mol. The second kappa shape index (κ2) is 6.55. The van der Waals surface area contributed by atoms with Crippen molar-refractivity contribution in [1.29, 1.82) is 0 Å². The Balaban J connectivity index is 1.59. The Bertz CT molecular complexity index is 930. The first-order chi connectivity index (χ1) is 13.2. The minimum Gasteiger partial charge on any atom is -0.344 e. The highest BCUT2D eigenvalue weighted by molar-refractivity contribution is 5.88. The molecule has 2 aliphatic heterocycles. The number of halogens is 4. The predicted molar refractivity (Wildman–Crippen MR) is 94.7 cm³/mol. The lowest BCUT2D eigenvalue weighted by molar-refractivity contribution is -0.140. The average Bonchev–Trinajstić information content (AvgIpc) is 3.21. The highest BCUT2D eigenvalue weighted by Gasteiger charge is 2.50. The SMILES string of the molecule is CN1CC[C@@]2(CC[C@H](c3cc(-c4ccc(C(F)(F)F)c(F)c4)ccn3)N2)C1=O. The number of benzene rings is 1. The van der Waals surface area contributed by atoms with Crippen molar-refractivity contribution in [2.24, 2.45) is 0 Å². The number of hydrogen-bond donors (Lipinski definition) is 1. The summed E-state index contributed by atoms with van der Waals surface area (Å²) in [5.41, 5.74) is -0.225. The van der Waals surface area contributed by atoms with Gasteiger partial charge in [-0.15, -0.1) is 0 Å². The zero-order valence-corrected chi connectivity index (χ0v) is 15.2. The van der Waals surface area contributed by atoms with Crippen molar-refractivity contribution >= 4 is 5.91 Å². The van der Waals surface area contributed by atoms with E-state index < -0.39 is 23.1 Å². The third-order valence-electron chi connectivity index (χ3n) is 5.69. The summed E-state index contributed by atoms with van der Waals surface area (Å²) in [5.74, 6) is -1.23. The van der Waals surface area contributed by atoms with Gasteiger partial charge in [-0.05, 0) is 54.7 Å². The number of aromatic nitrogens is 1. The minimum atomic E-state index is -4.73. The standard InChI is InChI=1S/C20H19F4N3O/c1-27-9-7-19(18(27)28)6-4-16(26-19)17-11-13(5-8-25-17)12-2-3-14(15(21)10-12)20(22,23)24/h2-3,5,8,10-11,16,26H,4,6-7,9H2,1H3/t16-,19+/m1/s1. The normalized spacial score (nSPS) is 25.1. The number of carbonyl (C=O) groups is 1. The van der Waals surface area contributed by atoms with E-state index in [0.717, 1.165) is 25.0 Å². The van der Waals surface area contributed by atoms with Gasteiger partial charge in [-0.2, -0.15) is 13.2 Å². The van der Waals surface area contributed by atoms with Crippen LogP contribution in [0.2, 0.25) is 0 Å².